The number of hydrogen-bond donors (Lipinski definition) is 0. The first-order chi connectivity index (χ1) is 9.83. The lowest BCUT2D eigenvalue weighted by molar-refractivity contribution is 0.414. The minimum absolute atomic E-state index is 0.980. The molecule has 2 heterocycles. The van der Waals surface area contributed by atoms with Crippen LogP contribution in [-0.4, -0.2) is 7.11 Å². The highest BCUT2D eigenvalue weighted by atomic mass is 32.2. The predicted octanol–water partition coefficient (Wildman–Crippen LogP) is 4.88. The third-order valence-corrected chi connectivity index (χ3v) is 5.51. The summed E-state index contributed by atoms with van der Waals surface area (Å²) in [5, 5.41) is 0. The van der Waals surface area contributed by atoms with Crippen LogP contribution in [-0.2, 0) is 23.0 Å². The molecule has 2 aromatic carbocycles. The Hall–Kier alpha value is -1.06. The normalized spacial score (nSPS) is 15.1. The molecule has 0 aliphatic carbocycles. The number of methoxy groups -OCH3 is 1. The van der Waals surface area contributed by atoms with Crippen LogP contribution in [0.15, 0.2) is 42.5 Å². The molecule has 2 aromatic rings. The van der Waals surface area contributed by atoms with Gasteiger partial charge in [0.2, 0.25) is 0 Å². The molecule has 0 unspecified atom stereocenters. The summed E-state index contributed by atoms with van der Waals surface area (Å²) in [4.78, 5) is 0. The van der Waals surface area contributed by atoms with Gasteiger partial charge in [0.1, 0.15) is 5.75 Å². The standard InChI is InChI=1S/C17H18OS2/c1-18-17-7-15-6-16(8-17)12-20-10-14-3-2-13(4-5-14)9-19-11-15/h2-8H,9-12H2,1H3. The van der Waals surface area contributed by atoms with Crippen molar-refractivity contribution in [3.05, 3.63) is 64.7 Å². The molecule has 0 N–H and O–H groups in total. The van der Waals surface area contributed by atoms with Crippen molar-refractivity contribution in [1.29, 1.82) is 0 Å². The first kappa shape index (κ1) is 13.9. The SMILES string of the molecule is COc1cc2cc(c1)CSCc1ccc(cc1)CSC2. The van der Waals surface area contributed by atoms with Crippen LogP contribution in [0.1, 0.15) is 22.3 Å². The summed E-state index contributed by atoms with van der Waals surface area (Å²) >= 11 is 3.92. The van der Waals surface area contributed by atoms with Crippen molar-refractivity contribution in [3.63, 3.8) is 0 Å². The fraction of sp³-hybridized carbons (Fsp3) is 0.294. The molecule has 2 aliphatic rings. The van der Waals surface area contributed by atoms with Crippen LogP contribution < -0.4 is 4.74 Å². The van der Waals surface area contributed by atoms with Gasteiger partial charge in [-0.2, -0.15) is 23.5 Å². The van der Waals surface area contributed by atoms with Crippen molar-refractivity contribution < 1.29 is 4.74 Å². The van der Waals surface area contributed by atoms with E-state index in [1.54, 1.807) is 7.11 Å². The van der Waals surface area contributed by atoms with Crippen molar-refractivity contribution in [3.8, 4) is 5.75 Å². The average Bonchev–Trinajstić information content (AvgIpc) is 2.50. The Labute approximate surface area is 129 Å². The van der Waals surface area contributed by atoms with E-state index in [1.165, 1.54) is 22.3 Å². The third kappa shape index (κ3) is 3.53. The molecule has 0 atom stereocenters. The fourth-order valence-corrected chi connectivity index (χ4v) is 4.18. The van der Waals surface area contributed by atoms with Crippen molar-refractivity contribution in [2.24, 2.45) is 0 Å². The molecular formula is C17H18OS2. The molecule has 1 nitrogen and oxygen atoms in total. The lowest BCUT2D eigenvalue weighted by Gasteiger charge is -2.08. The number of rotatable bonds is 1. The number of fused-ring (bicyclic) bond motifs is 6. The molecule has 4 rings (SSSR count). The molecule has 0 fully saturated rings. The van der Waals surface area contributed by atoms with Crippen LogP contribution in [0, 0.1) is 0 Å². The Morgan fingerprint density at radius 3 is 1.60 bits per heavy atom. The van der Waals surface area contributed by atoms with E-state index in [0.29, 0.717) is 0 Å². The highest BCUT2D eigenvalue weighted by molar-refractivity contribution is 7.98. The first-order valence-electron chi connectivity index (χ1n) is 6.73. The molecule has 20 heavy (non-hydrogen) atoms. The zero-order chi connectivity index (χ0) is 13.8. The zero-order valence-corrected chi connectivity index (χ0v) is 13.2. The van der Waals surface area contributed by atoms with Gasteiger partial charge in [0.15, 0.2) is 0 Å². The Balaban J connectivity index is 1.86. The maximum atomic E-state index is 5.42. The average molecular weight is 302 g/mol. The van der Waals surface area contributed by atoms with E-state index in [2.05, 4.69) is 42.5 Å². The van der Waals surface area contributed by atoms with Gasteiger partial charge in [0.05, 0.1) is 7.11 Å². The van der Waals surface area contributed by atoms with Gasteiger partial charge in [-0.15, -0.1) is 0 Å². The van der Waals surface area contributed by atoms with Gasteiger partial charge < -0.3 is 4.74 Å². The Kier molecular flexibility index (Phi) is 4.58. The monoisotopic (exact) mass is 302 g/mol. The lowest BCUT2D eigenvalue weighted by atomic mass is 10.1. The maximum absolute atomic E-state index is 5.42. The van der Waals surface area contributed by atoms with E-state index in [-0.39, 0.29) is 0 Å². The van der Waals surface area contributed by atoms with Crippen LogP contribution in [0.4, 0.5) is 0 Å². The van der Waals surface area contributed by atoms with Crippen LogP contribution >= 0.6 is 23.5 Å². The predicted molar refractivity (Wildman–Crippen MR) is 89.4 cm³/mol. The highest BCUT2D eigenvalue weighted by Gasteiger charge is 2.05. The summed E-state index contributed by atoms with van der Waals surface area (Å²) in [5.41, 5.74) is 5.54. The van der Waals surface area contributed by atoms with Gasteiger partial charge in [-0.25, -0.2) is 0 Å². The van der Waals surface area contributed by atoms with Gasteiger partial charge in [-0.1, -0.05) is 30.3 Å². The fourth-order valence-electron chi connectivity index (χ4n) is 2.32. The van der Waals surface area contributed by atoms with Gasteiger partial charge >= 0.3 is 0 Å². The Morgan fingerprint density at radius 2 is 1.15 bits per heavy atom. The summed E-state index contributed by atoms with van der Waals surface area (Å²) in [5.74, 6) is 5.20. The van der Waals surface area contributed by atoms with Crippen LogP contribution in [0.25, 0.3) is 0 Å². The van der Waals surface area contributed by atoms with Crippen molar-refractivity contribution in [1.82, 2.24) is 0 Å². The second-order valence-corrected chi connectivity index (χ2v) is 6.96. The summed E-state index contributed by atoms with van der Waals surface area (Å²) < 4.78 is 5.42. The smallest absolute Gasteiger partial charge is 0.119 e. The van der Waals surface area contributed by atoms with E-state index in [1.807, 2.05) is 23.5 Å². The Bertz CT molecular complexity index is 531. The van der Waals surface area contributed by atoms with E-state index in [9.17, 15) is 0 Å². The topological polar surface area (TPSA) is 9.23 Å². The van der Waals surface area contributed by atoms with Crippen LogP contribution in [0.3, 0.4) is 0 Å². The molecule has 0 radical (unpaired) electrons. The molecule has 0 spiro atoms. The van der Waals surface area contributed by atoms with Crippen LogP contribution in [0.5, 0.6) is 5.75 Å². The van der Waals surface area contributed by atoms with Gasteiger partial charge in [-0.3, -0.25) is 0 Å². The summed E-state index contributed by atoms with van der Waals surface area (Å²) in [7, 11) is 1.75. The molecule has 3 heteroatoms. The molecule has 2 aliphatic heterocycles. The van der Waals surface area contributed by atoms with E-state index >= 15 is 0 Å². The quantitative estimate of drug-likeness (QED) is 0.743. The van der Waals surface area contributed by atoms with Crippen molar-refractivity contribution >= 4 is 23.5 Å². The third-order valence-electron chi connectivity index (χ3n) is 3.36. The van der Waals surface area contributed by atoms with E-state index in [0.717, 1.165) is 28.8 Å². The summed E-state index contributed by atoms with van der Waals surface area (Å²) in [6, 6.07) is 15.7. The summed E-state index contributed by atoms with van der Waals surface area (Å²) in [6.45, 7) is 0. The molecule has 104 valence electrons. The molecular weight excluding hydrogens is 284 g/mol. The van der Waals surface area contributed by atoms with Gasteiger partial charge in [-0.05, 0) is 34.4 Å². The number of hydrogen-bond acceptors (Lipinski definition) is 3. The van der Waals surface area contributed by atoms with Crippen molar-refractivity contribution in [2.75, 3.05) is 7.11 Å². The zero-order valence-electron chi connectivity index (χ0n) is 11.6. The highest BCUT2D eigenvalue weighted by Crippen LogP contribution is 2.27. The minimum Gasteiger partial charge on any atom is -0.497 e. The largest absolute Gasteiger partial charge is 0.497 e. The van der Waals surface area contributed by atoms with Crippen molar-refractivity contribution in [2.45, 2.75) is 23.0 Å². The second-order valence-electron chi connectivity index (χ2n) is 4.99. The molecule has 0 saturated heterocycles. The number of ether oxygens (including phenoxy) is 1. The number of thioether (sulfide) groups is 2. The van der Waals surface area contributed by atoms with Gasteiger partial charge in [0, 0.05) is 23.0 Å². The van der Waals surface area contributed by atoms with Gasteiger partial charge in [0.25, 0.3) is 0 Å². The van der Waals surface area contributed by atoms with E-state index < -0.39 is 0 Å². The molecule has 0 amide bonds. The molecule has 0 saturated carbocycles. The van der Waals surface area contributed by atoms with E-state index in [4.69, 9.17) is 4.74 Å². The second kappa shape index (κ2) is 6.59. The first-order valence-corrected chi connectivity index (χ1v) is 9.04. The number of benzene rings is 2. The molecule has 0 aromatic heterocycles. The summed E-state index contributed by atoms with van der Waals surface area (Å²) in [6.07, 6.45) is 0. The molecule has 4 bridgehead atoms. The minimum atomic E-state index is 0.980. The van der Waals surface area contributed by atoms with Crippen LogP contribution in [0.2, 0.25) is 0 Å². The Morgan fingerprint density at radius 1 is 0.700 bits per heavy atom. The maximum Gasteiger partial charge on any atom is 0.119 e. The lowest BCUT2D eigenvalue weighted by Crippen LogP contribution is -1.91.